The molecule has 4 heteroatoms. The van der Waals surface area contributed by atoms with Gasteiger partial charge in [-0.15, -0.1) is 0 Å². The Morgan fingerprint density at radius 3 is 2.73 bits per heavy atom. The number of benzene rings is 1. The van der Waals surface area contributed by atoms with Gasteiger partial charge in [-0.1, -0.05) is 11.6 Å². The molecule has 1 rings (SSSR count). The quantitative estimate of drug-likeness (QED) is 0.789. The second-order valence-electron chi connectivity index (χ2n) is 3.69. The average molecular weight is 230 g/mol. The lowest BCUT2D eigenvalue weighted by Gasteiger charge is -2.09. The predicted octanol–water partition coefficient (Wildman–Crippen LogP) is 2.15. The van der Waals surface area contributed by atoms with Crippen LogP contribution in [0.2, 0.25) is 5.02 Å². The van der Waals surface area contributed by atoms with Crippen LogP contribution in [0.1, 0.15) is 5.56 Å². The molecule has 0 aliphatic rings. The van der Waals surface area contributed by atoms with Gasteiger partial charge in [0.25, 0.3) is 0 Å². The van der Waals surface area contributed by atoms with E-state index in [1.165, 1.54) is 18.2 Å². The van der Waals surface area contributed by atoms with Crippen molar-refractivity contribution in [3.63, 3.8) is 0 Å². The van der Waals surface area contributed by atoms with Gasteiger partial charge in [0, 0.05) is 11.4 Å². The first kappa shape index (κ1) is 12.1. The molecule has 15 heavy (non-hydrogen) atoms. The number of carbonyl (C=O) groups is 1. The maximum absolute atomic E-state index is 12.9. The van der Waals surface area contributed by atoms with Crippen LogP contribution in [0.15, 0.2) is 18.2 Å². The van der Waals surface area contributed by atoms with Crippen molar-refractivity contribution >= 4 is 17.4 Å². The first-order valence-electron chi connectivity index (χ1n) is 4.59. The number of carbonyl (C=O) groups excluding carboxylic acids is 1. The zero-order valence-electron chi connectivity index (χ0n) is 8.76. The maximum Gasteiger partial charge on any atom is 0.151 e. The Bertz CT molecular complexity index is 366. The second kappa shape index (κ2) is 5.24. The summed E-state index contributed by atoms with van der Waals surface area (Å²) >= 11 is 5.84. The summed E-state index contributed by atoms with van der Waals surface area (Å²) in [6.07, 6.45) is 0.175. The minimum atomic E-state index is -0.368. The SMILES string of the molecule is CN(C)CC(=O)Cc1cc(F)ccc1Cl. The molecule has 1 aromatic rings. The average Bonchev–Trinajstić information content (AvgIpc) is 2.10. The zero-order chi connectivity index (χ0) is 11.4. The number of rotatable bonds is 4. The van der Waals surface area contributed by atoms with Gasteiger partial charge in [0.2, 0.25) is 0 Å². The van der Waals surface area contributed by atoms with E-state index in [1.807, 2.05) is 14.1 Å². The van der Waals surface area contributed by atoms with Gasteiger partial charge in [0.15, 0.2) is 5.78 Å². The number of hydrogen-bond acceptors (Lipinski definition) is 2. The van der Waals surface area contributed by atoms with Crippen LogP contribution < -0.4 is 0 Å². The highest BCUT2D eigenvalue weighted by molar-refractivity contribution is 6.31. The Balaban J connectivity index is 2.71. The minimum absolute atomic E-state index is 0.0208. The molecule has 0 radical (unpaired) electrons. The van der Waals surface area contributed by atoms with Crippen LogP contribution in [0, 0.1) is 5.82 Å². The van der Waals surface area contributed by atoms with Crippen molar-refractivity contribution in [2.75, 3.05) is 20.6 Å². The number of Topliss-reactive ketones (excluding diaryl/α,β-unsaturated/α-hetero) is 1. The second-order valence-corrected chi connectivity index (χ2v) is 4.10. The standard InChI is InChI=1S/C11H13ClFNO/c1-14(2)7-10(15)6-8-5-9(13)3-4-11(8)12/h3-5H,6-7H2,1-2H3. The van der Waals surface area contributed by atoms with Crippen LogP contribution >= 0.6 is 11.6 Å². The summed E-state index contributed by atoms with van der Waals surface area (Å²) < 4.78 is 12.9. The first-order valence-corrected chi connectivity index (χ1v) is 4.97. The molecule has 0 unspecified atom stereocenters. The normalized spacial score (nSPS) is 10.7. The number of likely N-dealkylation sites (N-methyl/N-ethyl adjacent to an activating group) is 1. The molecule has 0 bridgehead atoms. The molecule has 0 fully saturated rings. The molecule has 0 aliphatic carbocycles. The molecule has 0 spiro atoms. The number of hydrogen-bond donors (Lipinski definition) is 0. The number of halogens is 2. The van der Waals surface area contributed by atoms with E-state index >= 15 is 0 Å². The van der Waals surface area contributed by atoms with Crippen LogP contribution in [0.4, 0.5) is 4.39 Å². The maximum atomic E-state index is 12.9. The first-order chi connectivity index (χ1) is 6.99. The van der Waals surface area contributed by atoms with E-state index in [0.29, 0.717) is 17.1 Å². The van der Waals surface area contributed by atoms with Crippen LogP contribution in [0.25, 0.3) is 0 Å². The van der Waals surface area contributed by atoms with Gasteiger partial charge in [0.1, 0.15) is 5.82 Å². The fourth-order valence-electron chi connectivity index (χ4n) is 1.30. The molecule has 0 N–H and O–H groups in total. The molecular weight excluding hydrogens is 217 g/mol. The molecule has 0 saturated carbocycles. The summed E-state index contributed by atoms with van der Waals surface area (Å²) in [7, 11) is 3.62. The summed E-state index contributed by atoms with van der Waals surface area (Å²) in [5.41, 5.74) is 0.545. The van der Waals surface area contributed by atoms with Crippen molar-refractivity contribution in [3.8, 4) is 0 Å². The van der Waals surface area contributed by atoms with Crippen molar-refractivity contribution in [2.45, 2.75) is 6.42 Å². The molecule has 82 valence electrons. The van der Waals surface area contributed by atoms with Crippen molar-refractivity contribution in [1.29, 1.82) is 0 Å². The number of nitrogens with zero attached hydrogens (tertiary/aromatic N) is 1. The van der Waals surface area contributed by atoms with Crippen molar-refractivity contribution in [2.24, 2.45) is 0 Å². The Morgan fingerprint density at radius 2 is 2.13 bits per heavy atom. The van der Waals surface area contributed by atoms with Crippen LogP contribution in [0.3, 0.4) is 0 Å². The molecule has 1 aromatic carbocycles. The lowest BCUT2D eigenvalue weighted by molar-refractivity contribution is -0.119. The Labute approximate surface area is 93.6 Å². The molecule has 0 atom stereocenters. The number of ketones is 1. The lowest BCUT2D eigenvalue weighted by atomic mass is 10.1. The third kappa shape index (κ3) is 3.98. The van der Waals surface area contributed by atoms with Crippen LogP contribution in [0.5, 0.6) is 0 Å². The summed E-state index contributed by atoms with van der Waals surface area (Å²) in [5.74, 6) is -0.348. The molecule has 0 saturated heterocycles. The highest BCUT2D eigenvalue weighted by Crippen LogP contribution is 2.17. The highest BCUT2D eigenvalue weighted by atomic mass is 35.5. The topological polar surface area (TPSA) is 20.3 Å². The summed E-state index contributed by atoms with van der Waals surface area (Å²) in [6, 6.07) is 4.05. The van der Waals surface area contributed by atoms with Crippen LogP contribution in [-0.4, -0.2) is 31.3 Å². The van der Waals surface area contributed by atoms with E-state index < -0.39 is 0 Å². The van der Waals surface area contributed by atoms with E-state index in [2.05, 4.69) is 0 Å². The smallest absolute Gasteiger partial charge is 0.151 e. The highest BCUT2D eigenvalue weighted by Gasteiger charge is 2.08. The largest absolute Gasteiger partial charge is 0.302 e. The summed E-state index contributed by atoms with van der Waals surface area (Å²) in [6.45, 7) is 0.340. The van der Waals surface area contributed by atoms with E-state index in [-0.39, 0.29) is 18.0 Å². The molecule has 0 heterocycles. The molecule has 0 aromatic heterocycles. The van der Waals surface area contributed by atoms with Gasteiger partial charge in [-0.05, 0) is 37.9 Å². The van der Waals surface area contributed by atoms with Gasteiger partial charge >= 0.3 is 0 Å². The fraction of sp³-hybridized carbons (Fsp3) is 0.364. The van der Waals surface area contributed by atoms with Gasteiger partial charge in [-0.2, -0.15) is 0 Å². The summed E-state index contributed by atoms with van der Waals surface area (Å²) in [4.78, 5) is 13.2. The fourth-order valence-corrected chi connectivity index (χ4v) is 1.48. The van der Waals surface area contributed by atoms with Gasteiger partial charge in [0.05, 0.1) is 6.54 Å². The third-order valence-corrected chi connectivity index (χ3v) is 2.26. The van der Waals surface area contributed by atoms with Gasteiger partial charge < -0.3 is 4.90 Å². The lowest BCUT2D eigenvalue weighted by Crippen LogP contribution is -2.23. The van der Waals surface area contributed by atoms with E-state index in [4.69, 9.17) is 11.6 Å². The Kier molecular flexibility index (Phi) is 4.24. The predicted molar refractivity (Wildman–Crippen MR) is 58.7 cm³/mol. The Morgan fingerprint density at radius 1 is 1.47 bits per heavy atom. The molecule has 0 amide bonds. The third-order valence-electron chi connectivity index (χ3n) is 1.89. The van der Waals surface area contributed by atoms with Gasteiger partial charge in [-0.25, -0.2) is 4.39 Å². The zero-order valence-corrected chi connectivity index (χ0v) is 9.51. The molecular formula is C11H13ClFNO. The molecule has 0 aliphatic heterocycles. The van der Waals surface area contributed by atoms with Gasteiger partial charge in [-0.3, -0.25) is 4.79 Å². The molecule has 2 nitrogen and oxygen atoms in total. The van der Waals surface area contributed by atoms with Crippen molar-refractivity contribution in [3.05, 3.63) is 34.6 Å². The Hall–Kier alpha value is -0.930. The minimum Gasteiger partial charge on any atom is -0.302 e. The summed E-state index contributed by atoms with van der Waals surface area (Å²) in [5, 5.41) is 0.434. The van der Waals surface area contributed by atoms with E-state index in [9.17, 15) is 9.18 Å². The van der Waals surface area contributed by atoms with E-state index in [0.717, 1.165) is 0 Å². The van der Waals surface area contributed by atoms with Crippen molar-refractivity contribution in [1.82, 2.24) is 4.90 Å². The van der Waals surface area contributed by atoms with E-state index in [1.54, 1.807) is 4.90 Å². The van der Waals surface area contributed by atoms with Crippen molar-refractivity contribution < 1.29 is 9.18 Å². The monoisotopic (exact) mass is 229 g/mol. The van der Waals surface area contributed by atoms with Crippen LogP contribution in [-0.2, 0) is 11.2 Å².